The first kappa shape index (κ1) is 19.6. The van der Waals surface area contributed by atoms with Crippen LogP contribution in [0.5, 0.6) is 0 Å². The van der Waals surface area contributed by atoms with E-state index in [0.29, 0.717) is 11.3 Å². The fraction of sp³-hybridized carbons (Fsp3) is 0.273. The molecule has 5 aromatic heterocycles. The summed E-state index contributed by atoms with van der Waals surface area (Å²) >= 11 is 1.44. The number of aryl methyl sites for hydroxylation is 2. The van der Waals surface area contributed by atoms with E-state index in [1.165, 1.54) is 11.3 Å². The van der Waals surface area contributed by atoms with Crippen LogP contribution in [0.1, 0.15) is 19.3 Å². The molecule has 5 heterocycles. The number of nitrogens with zero attached hydrogens (tertiary/aromatic N) is 6. The van der Waals surface area contributed by atoms with E-state index in [4.69, 9.17) is 10.7 Å². The summed E-state index contributed by atoms with van der Waals surface area (Å²) in [6.45, 7) is 0. The zero-order valence-corrected chi connectivity index (χ0v) is 19.3. The first-order valence-corrected chi connectivity index (χ1v) is 12.4. The lowest BCUT2D eigenvalue weighted by molar-refractivity contribution is 0.505. The van der Waals surface area contributed by atoms with Crippen LogP contribution in [0.15, 0.2) is 41.1 Å². The van der Waals surface area contributed by atoms with Crippen molar-refractivity contribution in [2.75, 3.05) is 5.73 Å². The molecule has 8 nitrogen and oxygen atoms in total. The summed E-state index contributed by atoms with van der Waals surface area (Å²) in [6.07, 6.45) is 10.6. The molecule has 1 fully saturated rings. The highest BCUT2D eigenvalue weighted by Crippen LogP contribution is 2.44. The summed E-state index contributed by atoms with van der Waals surface area (Å²) in [6, 6.07) is 4.07. The Balaban J connectivity index is 1.58. The van der Waals surface area contributed by atoms with Crippen LogP contribution in [0.3, 0.4) is 0 Å². The highest BCUT2D eigenvalue weighted by atomic mass is 32.2. The molecule has 0 bridgehead atoms. The standard InChI is InChI=1S/C22H21N7OS2/c1-28-11-14(9-25-28)16-7-17(12-6-13-10-29(2)27-20(13)24-8-12)26-21-18(16)19(23)22(31-21)32(30)15-4-3-5-15/h6-11,15H,3-5,23H2,1-2H3. The minimum atomic E-state index is -1.10. The van der Waals surface area contributed by atoms with Gasteiger partial charge in [-0.25, -0.2) is 9.97 Å². The molecule has 0 amide bonds. The quantitative estimate of drug-likeness (QED) is 0.434. The molecule has 5 aromatic rings. The highest BCUT2D eigenvalue weighted by molar-refractivity contribution is 7.88. The van der Waals surface area contributed by atoms with E-state index < -0.39 is 10.8 Å². The molecule has 0 radical (unpaired) electrons. The molecule has 32 heavy (non-hydrogen) atoms. The molecule has 0 aromatic carbocycles. The summed E-state index contributed by atoms with van der Waals surface area (Å²) in [4.78, 5) is 10.2. The number of nitrogens with two attached hydrogens (primary N) is 1. The minimum Gasteiger partial charge on any atom is -0.396 e. The van der Waals surface area contributed by atoms with Gasteiger partial charge in [-0.15, -0.1) is 11.3 Å². The molecule has 10 heteroatoms. The predicted octanol–water partition coefficient (Wildman–Crippen LogP) is 3.89. The molecule has 1 aliphatic rings. The SMILES string of the molecule is Cn1cc(-c2cc(-c3cnc4nn(C)cc4c3)nc3sc(S(=O)C4CCC4)c(N)c23)cn1. The van der Waals surface area contributed by atoms with Crippen LogP contribution >= 0.6 is 11.3 Å². The zero-order valence-electron chi connectivity index (χ0n) is 17.6. The number of aromatic nitrogens is 6. The molecule has 1 unspecified atom stereocenters. The number of anilines is 1. The molecule has 0 saturated heterocycles. The van der Waals surface area contributed by atoms with Crippen molar-refractivity contribution in [2.24, 2.45) is 14.1 Å². The second kappa shape index (κ2) is 7.21. The lowest BCUT2D eigenvalue weighted by Crippen LogP contribution is -2.23. The third-order valence-corrected chi connectivity index (χ3v) is 9.29. The van der Waals surface area contributed by atoms with Crippen molar-refractivity contribution in [3.05, 3.63) is 36.9 Å². The number of hydrogen-bond acceptors (Lipinski definition) is 7. The van der Waals surface area contributed by atoms with Gasteiger partial charge < -0.3 is 5.73 Å². The van der Waals surface area contributed by atoms with Crippen LogP contribution in [-0.4, -0.2) is 39.0 Å². The van der Waals surface area contributed by atoms with Crippen molar-refractivity contribution in [1.82, 2.24) is 29.5 Å². The summed E-state index contributed by atoms with van der Waals surface area (Å²) < 4.78 is 17.4. The van der Waals surface area contributed by atoms with Gasteiger partial charge in [0.05, 0.1) is 28.4 Å². The van der Waals surface area contributed by atoms with E-state index >= 15 is 0 Å². The second-order valence-electron chi connectivity index (χ2n) is 8.23. The van der Waals surface area contributed by atoms with Gasteiger partial charge in [-0.3, -0.25) is 13.6 Å². The number of fused-ring (bicyclic) bond motifs is 2. The van der Waals surface area contributed by atoms with Crippen LogP contribution in [0.2, 0.25) is 0 Å². The minimum absolute atomic E-state index is 0.198. The Labute approximate surface area is 190 Å². The molecular weight excluding hydrogens is 442 g/mol. The molecule has 2 N–H and O–H groups in total. The topological polar surface area (TPSA) is 105 Å². The molecular formula is C22H21N7OS2. The maximum Gasteiger partial charge on any atom is 0.181 e. The lowest BCUT2D eigenvalue weighted by Gasteiger charge is -2.23. The van der Waals surface area contributed by atoms with E-state index in [2.05, 4.69) is 15.2 Å². The van der Waals surface area contributed by atoms with Crippen LogP contribution in [0, 0.1) is 0 Å². The number of rotatable bonds is 4. The fourth-order valence-corrected chi connectivity index (χ4v) is 7.31. The fourth-order valence-electron chi connectivity index (χ4n) is 4.09. The Bertz CT molecular complexity index is 1530. The van der Waals surface area contributed by atoms with E-state index in [0.717, 1.165) is 61.5 Å². The lowest BCUT2D eigenvalue weighted by atomic mass is 10.00. The van der Waals surface area contributed by atoms with Crippen molar-refractivity contribution in [2.45, 2.75) is 28.7 Å². The van der Waals surface area contributed by atoms with Crippen LogP contribution in [-0.2, 0) is 24.9 Å². The van der Waals surface area contributed by atoms with E-state index in [-0.39, 0.29) is 5.25 Å². The van der Waals surface area contributed by atoms with Crippen LogP contribution in [0.25, 0.3) is 43.6 Å². The van der Waals surface area contributed by atoms with Crippen LogP contribution < -0.4 is 5.73 Å². The Kier molecular flexibility index (Phi) is 4.41. The number of thiophene rings is 1. The van der Waals surface area contributed by atoms with E-state index in [9.17, 15) is 4.21 Å². The van der Waals surface area contributed by atoms with Gasteiger partial charge in [-0.1, -0.05) is 6.42 Å². The van der Waals surface area contributed by atoms with Gasteiger partial charge >= 0.3 is 0 Å². The smallest absolute Gasteiger partial charge is 0.181 e. The van der Waals surface area contributed by atoms with Gasteiger partial charge in [-0.2, -0.15) is 10.2 Å². The third kappa shape index (κ3) is 3.05. The van der Waals surface area contributed by atoms with Gasteiger partial charge in [0.25, 0.3) is 0 Å². The largest absolute Gasteiger partial charge is 0.396 e. The Hall–Kier alpha value is -3.11. The molecule has 0 spiro atoms. The molecule has 1 saturated carbocycles. The molecule has 162 valence electrons. The summed E-state index contributed by atoms with van der Waals surface area (Å²) in [5.41, 5.74) is 11.4. The first-order valence-electron chi connectivity index (χ1n) is 10.4. The summed E-state index contributed by atoms with van der Waals surface area (Å²) in [5.74, 6) is 0. The van der Waals surface area contributed by atoms with E-state index in [1.54, 1.807) is 15.6 Å². The number of nitrogen functional groups attached to an aromatic ring is 1. The van der Waals surface area contributed by atoms with Gasteiger partial charge in [0, 0.05) is 59.8 Å². The van der Waals surface area contributed by atoms with Gasteiger partial charge in [0.1, 0.15) is 9.04 Å². The highest BCUT2D eigenvalue weighted by Gasteiger charge is 2.29. The molecule has 1 aliphatic carbocycles. The zero-order chi connectivity index (χ0) is 22.0. The maximum absolute atomic E-state index is 13.2. The average Bonchev–Trinajstić information content (AvgIpc) is 3.41. The average molecular weight is 464 g/mol. The van der Waals surface area contributed by atoms with Crippen molar-refractivity contribution in [1.29, 1.82) is 0 Å². The van der Waals surface area contributed by atoms with Gasteiger partial charge in [-0.05, 0) is 30.5 Å². The monoisotopic (exact) mass is 463 g/mol. The van der Waals surface area contributed by atoms with E-state index in [1.807, 2.05) is 44.8 Å². The normalized spacial score (nSPS) is 15.4. The second-order valence-corrected chi connectivity index (χ2v) is 11.2. The van der Waals surface area contributed by atoms with Crippen molar-refractivity contribution < 1.29 is 4.21 Å². The molecule has 6 rings (SSSR count). The summed E-state index contributed by atoms with van der Waals surface area (Å²) in [5, 5.41) is 10.7. The van der Waals surface area contributed by atoms with Crippen LogP contribution in [0.4, 0.5) is 5.69 Å². The third-order valence-electron chi connectivity index (χ3n) is 5.99. The Morgan fingerprint density at radius 2 is 1.97 bits per heavy atom. The summed E-state index contributed by atoms with van der Waals surface area (Å²) in [7, 11) is 2.66. The van der Waals surface area contributed by atoms with Crippen molar-refractivity contribution in [3.63, 3.8) is 0 Å². The molecule has 0 aliphatic heterocycles. The van der Waals surface area contributed by atoms with Crippen molar-refractivity contribution >= 4 is 49.1 Å². The first-order chi connectivity index (χ1) is 15.5. The number of pyridine rings is 2. The Morgan fingerprint density at radius 1 is 1.12 bits per heavy atom. The van der Waals surface area contributed by atoms with Gasteiger partial charge in [0.2, 0.25) is 0 Å². The molecule has 1 atom stereocenters. The Morgan fingerprint density at radius 3 is 2.69 bits per heavy atom. The predicted molar refractivity (Wildman–Crippen MR) is 128 cm³/mol. The van der Waals surface area contributed by atoms with Gasteiger partial charge in [0.15, 0.2) is 5.65 Å². The number of hydrogen-bond donors (Lipinski definition) is 1. The maximum atomic E-state index is 13.2. The van der Waals surface area contributed by atoms with Crippen molar-refractivity contribution in [3.8, 4) is 22.4 Å².